The standard InChI is InChI=1S/C12H20N4S/c1-2-11-14-15-12(17-11)13-9-5-7-16-6-3-4-10(16)8-9/h9-10H,2-8H2,1H3,(H,13,15). The first-order valence-electron chi connectivity index (χ1n) is 6.68. The summed E-state index contributed by atoms with van der Waals surface area (Å²) in [6.07, 6.45) is 6.28. The molecular formula is C12H20N4S. The Morgan fingerprint density at radius 3 is 3.12 bits per heavy atom. The van der Waals surface area contributed by atoms with E-state index in [1.165, 1.54) is 38.8 Å². The van der Waals surface area contributed by atoms with Crippen molar-refractivity contribution < 1.29 is 0 Å². The van der Waals surface area contributed by atoms with Crippen molar-refractivity contribution in [2.45, 2.75) is 51.1 Å². The maximum atomic E-state index is 4.21. The number of nitrogens with zero attached hydrogens (tertiary/aromatic N) is 3. The molecule has 0 amide bonds. The van der Waals surface area contributed by atoms with E-state index in [1.54, 1.807) is 11.3 Å². The monoisotopic (exact) mass is 252 g/mol. The number of hydrogen-bond acceptors (Lipinski definition) is 5. The highest BCUT2D eigenvalue weighted by molar-refractivity contribution is 7.15. The molecule has 5 heteroatoms. The molecule has 0 radical (unpaired) electrons. The molecule has 0 spiro atoms. The van der Waals surface area contributed by atoms with Crippen molar-refractivity contribution in [1.29, 1.82) is 0 Å². The van der Waals surface area contributed by atoms with E-state index in [0.29, 0.717) is 6.04 Å². The maximum absolute atomic E-state index is 4.21. The first-order valence-corrected chi connectivity index (χ1v) is 7.49. The number of piperidine rings is 1. The van der Waals surface area contributed by atoms with Gasteiger partial charge in [0.15, 0.2) is 0 Å². The van der Waals surface area contributed by atoms with Crippen molar-refractivity contribution in [2.75, 3.05) is 18.4 Å². The molecule has 1 aromatic heterocycles. The third-order valence-electron chi connectivity index (χ3n) is 3.92. The summed E-state index contributed by atoms with van der Waals surface area (Å²) in [6.45, 7) is 4.69. The van der Waals surface area contributed by atoms with Crippen LogP contribution in [0.3, 0.4) is 0 Å². The van der Waals surface area contributed by atoms with Gasteiger partial charge in [0, 0.05) is 18.6 Å². The van der Waals surface area contributed by atoms with Crippen LogP contribution >= 0.6 is 11.3 Å². The van der Waals surface area contributed by atoms with Gasteiger partial charge in [0.05, 0.1) is 0 Å². The lowest BCUT2D eigenvalue weighted by molar-refractivity contribution is 0.188. The second-order valence-corrected chi connectivity index (χ2v) is 6.11. The molecular weight excluding hydrogens is 232 g/mol. The van der Waals surface area contributed by atoms with E-state index < -0.39 is 0 Å². The van der Waals surface area contributed by atoms with E-state index in [2.05, 4.69) is 27.3 Å². The zero-order chi connectivity index (χ0) is 11.7. The van der Waals surface area contributed by atoms with Crippen LogP contribution in [0.1, 0.15) is 37.6 Å². The lowest BCUT2D eigenvalue weighted by Crippen LogP contribution is -2.42. The zero-order valence-electron chi connectivity index (χ0n) is 10.4. The summed E-state index contributed by atoms with van der Waals surface area (Å²) in [6, 6.07) is 1.42. The highest BCUT2D eigenvalue weighted by atomic mass is 32.1. The number of anilines is 1. The van der Waals surface area contributed by atoms with Crippen LogP contribution in [0.15, 0.2) is 0 Å². The minimum Gasteiger partial charge on any atom is -0.357 e. The van der Waals surface area contributed by atoms with Gasteiger partial charge in [-0.1, -0.05) is 18.3 Å². The molecule has 2 unspecified atom stereocenters. The third kappa shape index (κ3) is 2.45. The third-order valence-corrected chi connectivity index (χ3v) is 4.92. The lowest BCUT2D eigenvalue weighted by Gasteiger charge is -2.34. The number of rotatable bonds is 3. The minimum absolute atomic E-state index is 0.604. The SMILES string of the molecule is CCc1nnc(NC2CCN3CCCC3C2)s1. The van der Waals surface area contributed by atoms with E-state index in [-0.39, 0.29) is 0 Å². The van der Waals surface area contributed by atoms with Gasteiger partial charge >= 0.3 is 0 Å². The van der Waals surface area contributed by atoms with Crippen molar-refractivity contribution in [3.8, 4) is 0 Å². The first kappa shape index (κ1) is 11.4. The van der Waals surface area contributed by atoms with Crippen LogP contribution in [-0.4, -0.2) is 40.3 Å². The van der Waals surface area contributed by atoms with Gasteiger partial charge in [0.2, 0.25) is 5.13 Å². The molecule has 0 aliphatic carbocycles. The van der Waals surface area contributed by atoms with Crippen molar-refractivity contribution >= 4 is 16.5 Å². The molecule has 3 rings (SSSR count). The Balaban J connectivity index is 1.58. The fraction of sp³-hybridized carbons (Fsp3) is 0.833. The molecule has 2 aliphatic rings. The second kappa shape index (κ2) is 4.90. The Bertz CT molecular complexity index is 378. The molecule has 2 fully saturated rings. The van der Waals surface area contributed by atoms with Crippen molar-refractivity contribution in [2.24, 2.45) is 0 Å². The average Bonchev–Trinajstić information content (AvgIpc) is 2.96. The highest BCUT2D eigenvalue weighted by Crippen LogP contribution is 2.29. The number of fused-ring (bicyclic) bond motifs is 1. The second-order valence-electron chi connectivity index (χ2n) is 5.05. The van der Waals surface area contributed by atoms with Crippen LogP contribution in [0.2, 0.25) is 0 Å². The largest absolute Gasteiger partial charge is 0.357 e. The minimum atomic E-state index is 0.604. The van der Waals surface area contributed by atoms with Gasteiger partial charge in [-0.2, -0.15) is 0 Å². The quantitative estimate of drug-likeness (QED) is 0.895. The molecule has 2 aliphatic heterocycles. The molecule has 0 bridgehead atoms. The molecule has 0 aromatic carbocycles. The normalized spacial score (nSPS) is 29.2. The molecule has 0 saturated carbocycles. The van der Waals surface area contributed by atoms with Crippen LogP contribution in [0.25, 0.3) is 0 Å². The average molecular weight is 252 g/mol. The summed E-state index contributed by atoms with van der Waals surface area (Å²) in [7, 11) is 0. The number of hydrogen-bond donors (Lipinski definition) is 1. The molecule has 2 saturated heterocycles. The zero-order valence-corrected chi connectivity index (χ0v) is 11.2. The number of nitrogens with one attached hydrogen (secondary N) is 1. The van der Waals surface area contributed by atoms with E-state index in [9.17, 15) is 0 Å². The summed E-state index contributed by atoms with van der Waals surface area (Å²) in [5.41, 5.74) is 0. The summed E-state index contributed by atoms with van der Waals surface area (Å²) in [5, 5.41) is 14.1. The van der Waals surface area contributed by atoms with Gasteiger partial charge in [-0.3, -0.25) is 0 Å². The van der Waals surface area contributed by atoms with Gasteiger partial charge in [-0.25, -0.2) is 0 Å². The van der Waals surface area contributed by atoms with Crippen LogP contribution in [-0.2, 0) is 6.42 Å². The summed E-state index contributed by atoms with van der Waals surface area (Å²) >= 11 is 1.70. The number of aromatic nitrogens is 2. The Morgan fingerprint density at radius 2 is 2.29 bits per heavy atom. The predicted octanol–water partition coefficient (Wildman–Crippen LogP) is 2.14. The van der Waals surface area contributed by atoms with Gasteiger partial charge in [-0.05, 0) is 38.6 Å². The lowest BCUT2D eigenvalue weighted by atomic mass is 9.98. The molecule has 17 heavy (non-hydrogen) atoms. The fourth-order valence-electron chi connectivity index (χ4n) is 2.98. The van der Waals surface area contributed by atoms with Crippen LogP contribution in [0.5, 0.6) is 0 Å². The van der Waals surface area contributed by atoms with E-state index in [1.807, 2.05) is 0 Å². The van der Waals surface area contributed by atoms with Gasteiger partial charge in [0.1, 0.15) is 5.01 Å². The molecule has 2 atom stereocenters. The van der Waals surface area contributed by atoms with E-state index in [4.69, 9.17) is 0 Å². The van der Waals surface area contributed by atoms with Crippen molar-refractivity contribution in [1.82, 2.24) is 15.1 Å². The van der Waals surface area contributed by atoms with Crippen LogP contribution in [0, 0.1) is 0 Å². The molecule has 1 aromatic rings. The molecule has 1 N–H and O–H groups in total. The molecule has 94 valence electrons. The van der Waals surface area contributed by atoms with Crippen LogP contribution in [0.4, 0.5) is 5.13 Å². The Hall–Kier alpha value is -0.680. The van der Waals surface area contributed by atoms with Gasteiger partial charge in [0.25, 0.3) is 0 Å². The summed E-state index contributed by atoms with van der Waals surface area (Å²) in [4.78, 5) is 2.65. The van der Waals surface area contributed by atoms with E-state index >= 15 is 0 Å². The van der Waals surface area contributed by atoms with E-state index in [0.717, 1.165) is 22.6 Å². The van der Waals surface area contributed by atoms with Gasteiger partial charge in [-0.15, -0.1) is 10.2 Å². The smallest absolute Gasteiger partial charge is 0.205 e. The van der Waals surface area contributed by atoms with Crippen molar-refractivity contribution in [3.05, 3.63) is 5.01 Å². The first-order chi connectivity index (χ1) is 8.35. The Morgan fingerprint density at radius 1 is 1.35 bits per heavy atom. The molecule has 3 heterocycles. The summed E-state index contributed by atoms with van der Waals surface area (Å²) in [5.74, 6) is 0. The van der Waals surface area contributed by atoms with Gasteiger partial charge < -0.3 is 10.2 Å². The Kier molecular flexibility index (Phi) is 3.29. The summed E-state index contributed by atoms with van der Waals surface area (Å²) < 4.78 is 0. The predicted molar refractivity (Wildman–Crippen MR) is 70.5 cm³/mol. The highest BCUT2D eigenvalue weighted by Gasteiger charge is 2.31. The van der Waals surface area contributed by atoms with Crippen molar-refractivity contribution in [3.63, 3.8) is 0 Å². The molecule has 4 nitrogen and oxygen atoms in total. The number of aryl methyl sites for hydroxylation is 1. The topological polar surface area (TPSA) is 41.1 Å². The maximum Gasteiger partial charge on any atom is 0.205 e. The Labute approximate surface area is 106 Å². The van der Waals surface area contributed by atoms with Crippen LogP contribution < -0.4 is 5.32 Å². The fourth-order valence-corrected chi connectivity index (χ4v) is 3.74.